The van der Waals surface area contributed by atoms with Crippen molar-refractivity contribution in [1.82, 2.24) is 15.1 Å². The minimum Gasteiger partial charge on any atom is -0.447 e. The molecule has 1 unspecified atom stereocenters. The molecule has 2 saturated heterocycles. The number of imide groups is 1. The van der Waals surface area contributed by atoms with Gasteiger partial charge >= 0.3 is 6.09 Å². The van der Waals surface area contributed by atoms with Gasteiger partial charge in [0, 0.05) is 12.6 Å². The molecule has 114 valence electrons. The summed E-state index contributed by atoms with van der Waals surface area (Å²) in [6.45, 7) is 5.95. The number of ether oxygens (including phenoxy) is 1. The van der Waals surface area contributed by atoms with E-state index in [1.54, 1.807) is 0 Å². The third kappa shape index (κ3) is 4.18. The number of carbonyl (C=O) groups is 2. The predicted molar refractivity (Wildman–Crippen MR) is 75.4 cm³/mol. The van der Waals surface area contributed by atoms with Crippen molar-refractivity contribution in [3.8, 4) is 0 Å². The molecule has 2 heterocycles. The first-order valence-corrected chi connectivity index (χ1v) is 7.63. The van der Waals surface area contributed by atoms with Crippen molar-refractivity contribution in [3.63, 3.8) is 0 Å². The quantitative estimate of drug-likeness (QED) is 0.782. The second-order valence-electron chi connectivity index (χ2n) is 5.54. The number of amides is 2. The van der Waals surface area contributed by atoms with Crippen LogP contribution in [0.3, 0.4) is 0 Å². The van der Waals surface area contributed by atoms with Crippen molar-refractivity contribution in [3.05, 3.63) is 0 Å². The van der Waals surface area contributed by atoms with E-state index in [0.717, 1.165) is 26.1 Å². The number of carbonyl (C=O) groups excluding carboxylic acids is 2. The van der Waals surface area contributed by atoms with Gasteiger partial charge in [-0.15, -0.1) is 0 Å². The van der Waals surface area contributed by atoms with E-state index in [1.807, 2.05) is 0 Å². The summed E-state index contributed by atoms with van der Waals surface area (Å²) < 4.78 is 4.81. The van der Waals surface area contributed by atoms with Crippen LogP contribution in [0, 0.1) is 0 Å². The fourth-order valence-corrected chi connectivity index (χ4v) is 2.84. The lowest BCUT2D eigenvalue weighted by Gasteiger charge is -2.30. The van der Waals surface area contributed by atoms with Crippen molar-refractivity contribution in [2.45, 2.75) is 38.6 Å². The first-order chi connectivity index (χ1) is 9.70. The van der Waals surface area contributed by atoms with Crippen LogP contribution in [0.5, 0.6) is 0 Å². The molecule has 20 heavy (non-hydrogen) atoms. The SMILES string of the molecule is CCCN(CC(=O)N1CCOC1=O)CC1CCCCN1. The van der Waals surface area contributed by atoms with E-state index in [-0.39, 0.29) is 5.91 Å². The van der Waals surface area contributed by atoms with Crippen LogP contribution in [0.4, 0.5) is 4.79 Å². The van der Waals surface area contributed by atoms with Crippen molar-refractivity contribution < 1.29 is 14.3 Å². The van der Waals surface area contributed by atoms with Gasteiger partial charge in [0.1, 0.15) is 6.61 Å². The maximum atomic E-state index is 12.1. The monoisotopic (exact) mass is 283 g/mol. The number of nitrogens with zero attached hydrogens (tertiary/aromatic N) is 2. The summed E-state index contributed by atoms with van der Waals surface area (Å²) in [7, 11) is 0. The Kier molecular flexibility index (Phi) is 5.79. The zero-order chi connectivity index (χ0) is 14.4. The molecule has 2 aliphatic heterocycles. The molecular formula is C14H25N3O3. The zero-order valence-electron chi connectivity index (χ0n) is 12.3. The highest BCUT2D eigenvalue weighted by molar-refractivity contribution is 5.94. The zero-order valence-corrected chi connectivity index (χ0v) is 12.3. The minimum absolute atomic E-state index is 0.142. The van der Waals surface area contributed by atoms with E-state index in [1.165, 1.54) is 24.2 Å². The molecule has 6 nitrogen and oxygen atoms in total. The third-order valence-electron chi connectivity index (χ3n) is 3.85. The van der Waals surface area contributed by atoms with E-state index in [9.17, 15) is 9.59 Å². The summed E-state index contributed by atoms with van der Waals surface area (Å²) in [6, 6.07) is 0.466. The number of cyclic esters (lactones) is 1. The van der Waals surface area contributed by atoms with Gasteiger partial charge in [0.15, 0.2) is 0 Å². The lowest BCUT2D eigenvalue weighted by atomic mass is 10.0. The van der Waals surface area contributed by atoms with Crippen LogP contribution in [0.1, 0.15) is 32.6 Å². The smallest absolute Gasteiger partial charge is 0.416 e. The Bertz CT molecular complexity index is 343. The topological polar surface area (TPSA) is 61.9 Å². The van der Waals surface area contributed by atoms with Gasteiger partial charge in [0.05, 0.1) is 13.1 Å². The van der Waals surface area contributed by atoms with Crippen LogP contribution in [0.2, 0.25) is 0 Å². The Morgan fingerprint density at radius 1 is 1.50 bits per heavy atom. The molecule has 6 heteroatoms. The predicted octanol–water partition coefficient (Wildman–Crippen LogP) is 0.819. The largest absolute Gasteiger partial charge is 0.447 e. The fourth-order valence-electron chi connectivity index (χ4n) is 2.84. The van der Waals surface area contributed by atoms with Crippen molar-refractivity contribution in [2.24, 2.45) is 0 Å². The molecule has 1 atom stereocenters. The normalized spacial score (nSPS) is 23.2. The first kappa shape index (κ1) is 15.3. The second-order valence-corrected chi connectivity index (χ2v) is 5.54. The summed E-state index contributed by atoms with van der Waals surface area (Å²) in [4.78, 5) is 26.9. The van der Waals surface area contributed by atoms with Crippen molar-refractivity contribution >= 4 is 12.0 Å². The molecule has 0 aromatic heterocycles. The molecular weight excluding hydrogens is 258 g/mol. The highest BCUT2D eigenvalue weighted by Crippen LogP contribution is 2.10. The number of rotatable bonds is 6. The molecule has 2 rings (SSSR count). The highest BCUT2D eigenvalue weighted by Gasteiger charge is 2.29. The molecule has 1 N–H and O–H groups in total. The van der Waals surface area contributed by atoms with E-state index in [4.69, 9.17) is 4.74 Å². The van der Waals surface area contributed by atoms with Gasteiger partial charge in [0.2, 0.25) is 5.91 Å². The van der Waals surface area contributed by atoms with Gasteiger partial charge in [-0.3, -0.25) is 9.69 Å². The summed E-state index contributed by atoms with van der Waals surface area (Å²) in [5, 5.41) is 3.50. The number of nitrogens with one attached hydrogen (secondary N) is 1. The standard InChI is InChI=1S/C14H25N3O3/c1-2-7-16(10-12-5-3-4-6-15-12)11-13(18)17-8-9-20-14(17)19/h12,15H,2-11H2,1H3. The lowest BCUT2D eigenvalue weighted by Crippen LogP contribution is -2.47. The number of hydrogen-bond acceptors (Lipinski definition) is 5. The second kappa shape index (κ2) is 7.59. The molecule has 0 aromatic rings. The minimum atomic E-state index is -0.498. The average Bonchev–Trinajstić information content (AvgIpc) is 2.86. The summed E-state index contributed by atoms with van der Waals surface area (Å²) >= 11 is 0. The Balaban J connectivity index is 1.84. The molecule has 2 fully saturated rings. The van der Waals surface area contributed by atoms with Gasteiger partial charge < -0.3 is 10.1 Å². The van der Waals surface area contributed by atoms with Crippen molar-refractivity contribution in [1.29, 1.82) is 0 Å². The van der Waals surface area contributed by atoms with Gasteiger partial charge in [-0.2, -0.15) is 0 Å². The van der Waals surface area contributed by atoms with Crippen LogP contribution in [0.25, 0.3) is 0 Å². The molecule has 0 bridgehead atoms. The van der Waals surface area contributed by atoms with Gasteiger partial charge in [-0.05, 0) is 32.4 Å². The Labute approximate surface area is 120 Å². The fraction of sp³-hybridized carbons (Fsp3) is 0.857. The van der Waals surface area contributed by atoms with Crippen LogP contribution < -0.4 is 5.32 Å². The van der Waals surface area contributed by atoms with Crippen LogP contribution >= 0.6 is 0 Å². The van der Waals surface area contributed by atoms with E-state index in [0.29, 0.717) is 25.7 Å². The van der Waals surface area contributed by atoms with Crippen LogP contribution in [0.15, 0.2) is 0 Å². The summed E-state index contributed by atoms with van der Waals surface area (Å²) in [6.07, 6.45) is 4.17. The maximum absolute atomic E-state index is 12.1. The van der Waals surface area contributed by atoms with Crippen molar-refractivity contribution in [2.75, 3.05) is 39.3 Å². The van der Waals surface area contributed by atoms with Gasteiger partial charge in [-0.25, -0.2) is 9.69 Å². The first-order valence-electron chi connectivity index (χ1n) is 7.63. The summed E-state index contributed by atoms with van der Waals surface area (Å²) in [5.74, 6) is -0.142. The Hall–Kier alpha value is -1.14. The van der Waals surface area contributed by atoms with Gasteiger partial charge in [-0.1, -0.05) is 13.3 Å². The maximum Gasteiger partial charge on any atom is 0.416 e. The Morgan fingerprint density at radius 2 is 2.35 bits per heavy atom. The molecule has 0 aromatic carbocycles. The number of piperidine rings is 1. The van der Waals surface area contributed by atoms with Crippen LogP contribution in [-0.4, -0.2) is 67.2 Å². The molecule has 0 saturated carbocycles. The molecule has 2 aliphatic rings. The molecule has 0 radical (unpaired) electrons. The summed E-state index contributed by atoms with van der Waals surface area (Å²) in [5.41, 5.74) is 0. The third-order valence-corrected chi connectivity index (χ3v) is 3.85. The highest BCUT2D eigenvalue weighted by atomic mass is 16.6. The molecule has 2 amide bonds. The molecule has 0 spiro atoms. The van der Waals surface area contributed by atoms with E-state index in [2.05, 4.69) is 17.1 Å². The van der Waals surface area contributed by atoms with E-state index >= 15 is 0 Å². The molecule has 0 aliphatic carbocycles. The number of hydrogen-bond donors (Lipinski definition) is 1. The lowest BCUT2D eigenvalue weighted by molar-refractivity contribution is -0.129. The average molecular weight is 283 g/mol. The Morgan fingerprint density at radius 3 is 2.95 bits per heavy atom. The van der Waals surface area contributed by atoms with Crippen LogP contribution in [-0.2, 0) is 9.53 Å². The van der Waals surface area contributed by atoms with E-state index < -0.39 is 6.09 Å². The van der Waals surface area contributed by atoms with Gasteiger partial charge in [0.25, 0.3) is 0 Å².